The van der Waals surface area contributed by atoms with Crippen LogP contribution in [0.4, 0.5) is 10.5 Å². The van der Waals surface area contributed by atoms with E-state index < -0.39 is 0 Å². The Morgan fingerprint density at radius 2 is 2.00 bits per heavy atom. The zero-order valence-corrected chi connectivity index (χ0v) is 14.8. The third-order valence-electron chi connectivity index (χ3n) is 5.17. The lowest BCUT2D eigenvalue weighted by Gasteiger charge is -2.26. The van der Waals surface area contributed by atoms with Crippen molar-refractivity contribution in [2.24, 2.45) is 11.8 Å². The maximum absolute atomic E-state index is 12.6. The Balaban J connectivity index is 1.72. The maximum Gasteiger partial charge on any atom is 0.321 e. The van der Waals surface area contributed by atoms with Gasteiger partial charge in [0, 0.05) is 37.9 Å². The summed E-state index contributed by atoms with van der Waals surface area (Å²) in [4.78, 5) is 28.5. The summed E-state index contributed by atoms with van der Waals surface area (Å²) in [7, 11) is 1.82. The highest BCUT2D eigenvalue weighted by Gasteiger charge is 2.24. The van der Waals surface area contributed by atoms with Gasteiger partial charge in [-0.05, 0) is 48.8 Å². The summed E-state index contributed by atoms with van der Waals surface area (Å²) in [5, 5.41) is 2.98. The largest absolute Gasteiger partial charge is 0.341 e. The van der Waals surface area contributed by atoms with E-state index in [0.29, 0.717) is 23.1 Å². The Morgan fingerprint density at radius 1 is 1.21 bits per heavy atom. The lowest BCUT2D eigenvalue weighted by molar-refractivity contribution is 0.0781. The third-order valence-corrected chi connectivity index (χ3v) is 5.17. The molecule has 2 heterocycles. The summed E-state index contributed by atoms with van der Waals surface area (Å²) in [6.45, 7) is 6.80. The number of carbonyl (C=O) groups is 2. The molecule has 1 aromatic carbocycles. The van der Waals surface area contributed by atoms with Gasteiger partial charge in [0.15, 0.2) is 0 Å². The van der Waals surface area contributed by atoms with Crippen molar-refractivity contribution in [1.29, 1.82) is 0 Å². The van der Waals surface area contributed by atoms with Crippen LogP contribution in [0.15, 0.2) is 18.2 Å². The SMILES string of the molecule is CC1CCN(C(=O)Nc2ccc3c(c2)C(=O)N(C)CC3)CC(C)C1. The summed E-state index contributed by atoms with van der Waals surface area (Å²) < 4.78 is 0. The topological polar surface area (TPSA) is 52.7 Å². The highest BCUT2D eigenvalue weighted by atomic mass is 16.2. The van der Waals surface area contributed by atoms with Gasteiger partial charge in [0.1, 0.15) is 0 Å². The zero-order valence-electron chi connectivity index (χ0n) is 14.8. The molecule has 0 aliphatic carbocycles. The molecular weight excluding hydrogens is 302 g/mol. The first kappa shape index (κ1) is 16.8. The Bertz CT molecular complexity index is 643. The van der Waals surface area contributed by atoms with Crippen LogP contribution in [0.2, 0.25) is 0 Å². The van der Waals surface area contributed by atoms with Crippen molar-refractivity contribution >= 4 is 17.6 Å². The summed E-state index contributed by atoms with van der Waals surface area (Å²) in [5.74, 6) is 1.21. The van der Waals surface area contributed by atoms with Gasteiger partial charge >= 0.3 is 6.03 Å². The Kier molecular flexibility index (Phi) is 4.78. The number of hydrogen-bond acceptors (Lipinski definition) is 2. The molecule has 0 bridgehead atoms. The smallest absolute Gasteiger partial charge is 0.321 e. The standard InChI is InChI=1S/C19H27N3O2/c1-13-6-9-22(12-14(2)10-13)19(24)20-16-5-4-15-7-8-21(3)18(23)17(15)11-16/h4-5,11,13-14H,6-10,12H2,1-3H3,(H,20,24). The van der Waals surface area contributed by atoms with Crippen LogP contribution < -0.4 is 5.32 Å². The molecule has 130 valence electrons. The molecule has 1 fully saturated rings. The summed E-state index contributed by atoms with van der Waals surface area (Å²) in [6, 6.07) is 5.62. The molecule has 0 saturated carbocycles. The first-order chi connectivity index (χ1) is 11.4. The highest BCUT2D eigenvalue weighted by molar-refractivity contribution is 5.99. The fourth-order valence-electron chi connectivity index (χ4n) is 3.78. The van der Waals surface area contributed by atoms with Gasteiger partial charge in [0.2, 0.25) is 0 Å². The van der Waals surface area contributed by atoms with E-state index in [1.165, 1.54) is 6.42 Å². The molecule has 0 aromatic heterocycles. The number of nitrogens with one attached hydrogen (secondary N) is 1. The van der Waals surface area contributed by atoms with Crippen molar-refractivity contribution in [2.75, 3.05) is 32.0 Å². The van der Waals surface area contributed by atoms with Crippen molar-refractivity contribution < 1.29 is 9.59 Å². The number of fused-ring (bicyclic) bond motifs is 1. The number of benzene rings is 1. The monoisotopic (exact) mass is 329 g/mol. The number of amides is 3. The normalized spacial score (nSPS) is 24.4. The van der Waals surface area contributed by atoms with Crippen molar-refractivity contribution in [3.8, 4) is 0 Å². The molecule has 24 heavy (non-hydrogen) atoms. The second kappa shape index (κ2) is 6.83. The first-order valence-electron chi connectivity index (χ1n) is 8.88. The highest BCUT2D eigenvalue weighted by Crippen LogP contribution is 2.24. The van der Waals surface area contributed by atoms with E-state index in [-0.39, 0.29) is 11.9 Å². The van der Waals surface area contributed by atoms with Gasteiger partial charge in [-0.1, -0.05) is 19.9 Å². The van der Waals surface area contributed by atoms with Crippen LogP contribution in [-0.4, -0.2) is 48.4 Å². The number of rotatable bonds is 1. The molecule has 0 radical (unpaired) electrons. The average molecular weight is 329 g/mol. The molecule has 2 aliphatic heterocycles. The van der Waals surface area contributed by atoms with Crippen LogP contribution in [0.1, 0.15) is 42.6 Å². The minimum absolute atomic E-state index is 0.0320. The Morgan fingerprint density at radius 3 is 2.79 bits per heavy atom. The molecule has 3 rings (SSSR count). The molecule has 1 aromatic rings. The van der Waals surface area contributed by atoms with E-state index in [0.717, 1.165) is 38.0 Å². The predicted octanol–water partition coefficient (Wildman–Crippen LogP) is 3.21. The number of likely N-dealkylation sites (N-methyl/N-ethyl adjacent to an activating group) is 1. The van der Waals surface area contributed by atoms with Crippen LogP contribution in [0, 0.1) is 11.8 Å². The molecular formula is C19H27N3O2. The first-order valence-corrected chi connectivity index (χ1v) is 8.88. The van der Waals surface area contributed by atoms with E-state index in [1.807, 2.05) is 30.1 Å². The average Bonchev–Trinajstić information content (AvgIpc) is 2.72. The lowest BCUT2D eigenvalue weighted by atomic mass is 9.97. The van der Waals surface area contributed by atoms with Crippen LogP contribution in [0.3, 0.4) is 0 Å². The van der Waals surface area contributed by atoms with Crippen molar-refractivity contribution in [1.82, 2.24) is 9.80 Å². The Labute approximate surface area is 144 Å². The van der Waals surface area contributed by atoms with Gasteiger partial charge in [-0.15, -0.1) is 0 Å². The minimum atomic E-state index is -0.0625. The Hall–Kier alpha value is -2.04. The van der Waals surface area contributed by atoms with Crippen molar-refractivity contribution in [3.05, 3.63) is 29.3 Å². The quantitative estimate of drug-likeness (QED) is 0.860. The minimum Gasteiger partial charge on any atom is -0.341 e. The summed E-state index contributed by atoms with van der Waals surface area (Å²) in [5.41, 5.74) is 2.47. The number of likely N-dealkylation sites (tertiary alicyclic amines) is 1. The number of hydrogen-bond donors (Lipinski definition) is 1. The van der Waals surface area contributed by atoms with Crippen LogP contribution >= 0.6 is 0 Å². The second-order valence-corrected chi connectivity index (χ2v) is 7.46. The number of anilines is 1. The van der Waals surface area contributed by atoms with E-state index in [9.17, 15) is 9.59 Å². The van der Waals surface area contributed by atoms with E-state index in [1.54, 1.807) is 4.90 Å². The molecule has 3 amide bonds. The van der Waals surface area contributed by atoms with Gasteiger partial charge in [-0.2, -0.15) is 0 Å². The van der Waals surface area contributed by atoms with Gasteiger partial charge in [-0.3, -0.25) is 4.79 Å². The fraction of sp³-hybridized carbons (Fsp3) is 0.579. The van der Waals surface area contributed by atoms with E-state index in [4.69, 9.17) is 0 Å². The second-order valence-electron chi connectivity index (χ2n) is 7.46. The van der Waals surface area contributed by atoms with Gasteiger partial charge in [0.05, 0.1) is 0 Å². The molecule has 2 atom stereocenters. The maximum atomic E-state index is 12.6. The third kappa shape index (κ3) is 3.55. The van der Waals surface area contributed by atoms with Crippen LogP contribution in [-0.2, 0) is 6.42 Å². The van der Waals surface area contributed by atoms with Crippen molar-refractivity contribution in [2.45, 2.75) is 33.1 Å². The summed E-state index contributed by atoms with van der Waals surface area (Å²) >= 11 is 0. The number of urea groups is 1. The molecule has 1 N–H and O–H groups in total. The molecule has 1 saturated heterocycles. The van der Waals surface area contributed by atoms with E-state index in [2.05, 4.69) is 19.2 Å². The molecule has 2 unspecified atom stereocenters. The molecule has 5 nitrogen and oxygen atoms in total. The molecule has 2 aliphatic rings. The van der Waals surface area contributed by atoms with Crippen molar-refractivity contribution in [3.63, 3.8) is 0 Å². The van der Waals surface area contributed by atoms with Gasteiger partial charge < -0.3 is 15.1 Å². The fourth-order valence-corrected chi connectivity index (χ4v) is 3.78. The van der Waals surface area contributed by atoms with Crippen LogP contribution in [0.5, 0.6) is 0 Å². The molecule has 5 heteroatoms. The van der Waals surface area contributed by atoms with Crippen LogP contribution in [0.25, 0.3) is 0 Å². The zero-order chi connectivity index (χ0) is 17.3. The number of nitrogens with zero attached hydrogens (tertiary/aromatic N) is 2. The lowest BCUT2D eigenvalue weighted by Crippen LogP contribution is -2.37. The predicted molar refractivity (Wildman–Crippen MR) is 95.3 cm³/mol. The molecule has 0 spiro atoms. The van der Waals surface area contributed by atoms with Gasteiger partial charge in [-0.25, -0.2) is 4.79 Å². The van der Waals surface area contributed by atoms with E-state index >= 15 is 0 Å². The summed E-state index contributed by atoms with van der Waals surface area (Å²) in [6.07, 6.45) is 3.09. The number of carbonyl (C=O) groups excluding carboxylic acids is 2. The van der Waals surface area contributed by atoms with Gasteiger partial charge in [0.25, 0.3) is 5.91 Å².